The van der Waals surface area contributed by atoms with Gasteiger partial charge in [0, 0.05) is 19.5 Å². The third-order valence-electron chi connectivity index (χ3n) is 2.61. The normalized spacial score (nSPS) is 13.4. The zero-order chi connectivity index (χ0) is 13.2. The average molecular weight is 253 g/mol. The zero-order valence-corrected chi connectivity index (χ0v) is 11.1. The quantitative estimate of drug-likeness (QED) is 0.503. The van der Waals surface area contributed by atoms with Crippen molar-refractivity contribution in [2.75, 3.05) is 19.7 Å². The van der Waals surface area contributed by atoms with E-state index in [0.29, 0.717) is 6.54 Å². The lowest BCUT2D eigenvalue weighted by molar-refractivity contribution is 0.252. The lowest BCUT2D eigenvalue weighted by Gasteiger charge is -2.17. The molecule has 0 aliphatic carbocycles. The smallest absolute Gasteiger partial charge is 0.191 e. The molecular weight excluding hydrogens is 230 g/mol. The van der Waals surface area contributed by atoms with Gasteiger partial charge in [-0.1, -0.05) is 6.92 Å². The van der Waals surface area contributed by atoms with Crippen LogP contribution < -0.4 is 10.6 Å². The summed E-state index contributed by atoms with van der Waals surface area (Å²) in [6, 6.07) is 3.87. The van der Waals surface area contributed by atoms with Crippen molar-refractivity contribution in [1.29, 1.82) is 0 Å². The highest BCUT2D eigenvalue weighted by molar-refractivity contribution is 5.80. The highest BCUT2D eigenvalue weighted by Gasteiger charge is 2.06. The van der Waals surface area contributed by atoms with E-state index in [-0.39, 0.29) is 12.6 Å². The molecule has 0 radical (unpaired) electrons. The van der Waals surface area contributed by atoms with Crippen molar-refractivity contribution < 1.29 is 9.52 Å². The van der Waals surface area contributed by atoms with Crippen molar-refractivity contribution in [2.24, 2.45) is 4.99 Å². The molecule has 0 aliphatic rings. The molecule has 5 heteroatoms. The molecule has 5 nitrogen and oxygen atoms in total. The van der Waals surface area contributed by atoms with Gasteiger partial charge in [-0.2, -0.15) is 0 Å². The number of hydrogen-bond acceptors (Lipinski definition) is 3. The SMILES string of the molecule is CCNC(=NCCc1ccco1)N[C@H](CC)CO. The van der Waals surface area contributed by atoms with Gasteiger partial charge in [-0.15, -0.1) is 0 Å². The van der Waals surface area contributed by atoms with E-state index in [1.54, 1.807) is 6.26 Å². The van der Waals surface area contributed by atoms with Gasteiger partial charge in [0.1, 0.15) is 5.76 Å². The largest absolute Gasteiger partial charge is 0.469 e. The summed E-state index contributed by atoms with van der Waals surface area (Å²) >= 11 is 0. The molecule has 1 rings (SSSR count). The van der Waals surface area contributed by atoms with Crippen LogP contribution in [0.25, 0.3) is 0 Å². The third kappa shape index (κ3) is 5.23. The molecule has 0 spiro atoms. The van der Waals surface area contributed by atoms with Crippen LogP contribution in [0.15, 0.2) is 27.8 Å². The Morgan fingerprint density at radius 1 is 1.50 bits per heavy atom. The lowest BCUT2D eigenvalue weighted by atomic mass is 10.2. The molecule has 0 unspecified atom stereocenters. The van der Waals surface area contributed by atoms with E-state index >= 15 is 0 Å². The summed E-state index contributed by atoms with van der Waals surface area (Å²) in [6.45, 7) is 5.61. The van der Waals surface area contributed by atoms with E-state index in [2.05, 4.69) is 15.6 Å². The molecule has 0 aromatic carbocycles. The summed E-state index contributed by atoms with van der Waals surface area (Å²) in [7, 11) is 0. The Morgan fingerprint density at radius 2 is 2.33 bits per heavy atom. The second-order valence-corrected chi connectivity index (χ2v) is 4.02. The molecule has 18 heavy (non-hydrogen) atoms. The molecule has 0 fully saturated rings. The van der Waals surface area contributed by atoms with E-state index in [1.807, 2.05) is 26.0 Å². The Morgan fingerprint density at radius 3 is 2.89 bits per heavy atom. The molecule has 102 valence electrons. The van der Waals surface area contributed by atoms with Gasteiger partial charge >= 0.3 is 0 Å². The van der Waals surface area contributed by atoms with Crippen molar-refractivity contribution in [3.8, 4) is 0 Å². The summed E-state index contributed by atoms with van der Waals surface area (Å²) in [6.07, 6.45) is 3.31. The Labute approximate surface area is 108 Å². The fourth-order valence-electron chi connectivity index (χ4n) is 1.52. The van der Waals surface area contributed by atoms with Crippen LogP contribution in [0.4, 0.5) is 0 Å². The van der Waals surface area contributed by atoms with E-state index in [4.69, 9.17) is 9.52 Å². The summed E-state index contributed by atoms with van der Waals surface area (Å²) in [5, 5.41) is 15.5. The second-order valence-electron chi connectivity index (χ2n) is 4.02. The number of aliphatic imine (C=N–C) groups is 1. The maximum atomic E-state index is 9.16. The summed E-state index contributed by atoms with van der Waals surface area (Å²) < 4.78 is 5.25. The van der Waals surface area contributed by atoms with Crippen molar-refractivity contribution >= 4 is 5.96 Å². The van der Waals surface area contributed by atoms with Gasteiger partial charge in [-0.3, -0.25) is 4.99 Å². The maximum Gasteiger partial charge on any atom is 0.191 e. The Bertz CT molecular complexity index is 332. The molecular formula is C13H23N3O2. The lowest BCUT2D eigenvalue weighted by Crippen LogP contribution is -2.44. The first kappa shape index (κ1) is 14.6. The fraction of sp³-hybridized carbons (Fsp3) is 0.615. The highest BCUT2D eigenvalue weighted by atomic mass is 16.3. The van der Waals surface area contributed by atoms with Crippen LogP contribution in [-0.2, 0) is 6.42 Å². The minimum atomic E-state index is 0.0476. The van der Waals surface area contributed by atoms with E-state index in [0.717, 1.165) is 31.1 Å². The Kier molecular flexibility index (Phi) is 6.94. The molecule has 0 saturated heterocycles. The van der Waals surface area contributed by atoms with Crippen LogP contribution >= 0.6 is 0 Å². The molecule has 1 aromatic heterocycles. The van der Waals surface area contributed by atoms with Crippen LogP contribution in [-0.4, -0.2) is 36.8 Å². The maximum absolute atomic E-state index is 9.16. The Balaban J connectivity index is 2.44. The molecule has 0 saturated carbocycles. The van der Waals surface area contributed by atoms with Crippen molar-refractivity contribution in [3.63, 3.8) is 0 Å². The topological polar surface area (TPSA) is 69.8 Å². The molecule has 1 heterocycles. The van der Waals surface area contributed by atoms with Crippen LogP contribution in [0.3, 0.4) is 0 Å². The average Bonchev–Trinajstić information content (AvgIpc) is 2.89. The van der Waals surface area contributed by atoms with Crippen LogP contribution in [0.1, 0.15) is 26.0 Å². The number of guanidine groups is 1. The molecule has 0 aliphatic heterocycles. The van der Waals surface area contributed by atoms with Gasteiger partial charge in [0.15, 0.2) is 5.96 Å². The highest BCUT2D eigenvalue weighted by Crippen LogP contribution is 2.00. The predicted octanol–water partition coefficient (Wildman–Crippen LogP) is 1.15. The predicted molar refractivity (Wildman–Crippen MR) is 72.7 cm³/mol. The van der Waals surface area contributed by atoms with Crippen molar-refractivity contribution in [1.82, 2.24) is 10.6 Å². The van der Waals surface area contributed by atoms with E-state index in [9.17, 15) is 0 Å². The number of nitrogens with one attached hydrogen (secondary N) is 2. The monoisotopic (exact) mass is 253 g/mol. The van der Waals surface area contributed by atoms with Gasteiger partial charge < -0.3 is 20.2 Å². The molecule has 0 bridgehead atoms. The minimum Gasteiger partial charge on any atom is -0.469 e. The summed E-state index contributed by atoms with van der Waals surface area (Å²) in [5.41, 5.74) is 0. The number of aliphatic hydroxyl groups excluding tert-OH is 1. The first-order valence-electron chi connectivity index (χ1n) is 6.48. The van der Waals surface area contributed by atoms with Gasteiger partial charge in [0.2, 0.25) is 0 Å². The van der Waals surface area contributed by atoms with Crippen molar-refractivity contribution in [3.05, 3.63) is 24.2 Å². The number of rotatable bonds is 7. The number of hydrogen-bond donors (Lipinski definition) is 3. The van der Waals surface area contributed by atoms with Crippen molar-refractivity contribution in [2.45, 2.75) is 32.7 Å². The number of nitrogens with zero attached hydrogens (tertiary/aromatic N) is 1. The standard InChI is InChI=1S/C13H23N3O2/c1-3-11(10-17)16-13(14-4-2)15-8-7-12-6-5-9-18-12/h5-6,9,11,17H,3-4,7-8,10H2,1-2H3,(H2,14,15,16)/t11-/m1/s1. The van der Waals surface area contributed by atoms with Gasteiger partial charge in [0.25, 0.3) is 0 Å². The molecule has 3 N–H and O–H groups in total. The minimum absolute atomic E-state index is 0.0476. The van der Waals surface area contributed by atoms with Gasteiger partial charge in [-0.05, 0) is 25.5 Å². The van der Waals surface area contributed by atoms with E-state index < -0.39 is 0 Å². The summed E-state index contributed by atoms with van der Waals surface area (Å²) in [5.74, 6) is 1.67. The molecule has 1 aromatic rings. The zero-order valence-electron chi connectivity index (χ0n) is 11.1. The number of aliphatic hydroxyl groups is 1. The second kappa shape index (κ2) is 8.58. The van der Waals surface area contributed by atoms with Crippen LogP contribution in [0.2, 0.25) is 0 Å². The summed E-state index contributed by atoms with van der Waals surface area (Å²) in [4.78, 5) is 4.45. The van der Waals surface area contributed by atoms with Crippen LogP contribution in [0, 0.1) is 0 Å². The molecule has 0 amide bonds. The fourth-order valence-corrected chi connectivity index (χ4v) is 1.52. The Hall–Kier alpha value is -1.49. The first-order valence-corrected chi connectivity index (χ1v) is 6.48. The van der Waals surface area contributed by atoms with Gasteiger partial charge in [0.05, 0.1) is 18.9 Å². The first-order chi connectivity index (χ1) is 8.80. The number of furan rings is 1. The third-order valence-corrected chi connectivity index (χ3v) is 2.61. The van der Waals surface area contributed by atoms with Gasteiger partial charge in [-0.25, -0.2) is 0 Å². The molecule has 1 atom stereocenters. The van der Waals surface area contributed by atoms with Crippen LogP contribution in [0.5, 0.6) is 0 Å². The van der Waals surface area contributed by atoms with E-state index in [1.165, 1.54) is 0 Å².